The zero-order valence-corrected chi connectivity index (χ0v) is 13.0. The molecule has 0 atom stereocenters. The van der Waals surface area contributed by atoms with Crippen molar-refractivity contribution in [2.45, 2.75) is 20.8 Å². The molecular formula is C13H17N2O5P. The summed E-state index contributed by atoms with van der Waals surface area (Å²) in [5, 5.41) is 12.3. The summed E-state index contributed by atoms with van der Waals surface area (Å²) < 4.78 is 11.4. The highest BCUT2D eigenvalue weighted by molar-refractivity contribution is 7.66. The van der Waals surface area contributed by atoms with E-state index in [0.29, 0.717) is 9.16 Å². The Bertz CT molecular complexity index is 710. The van der Waals surface area contributed by atoms with E-state index < -0.39 is 7.94 Å². The van der Waals surface area contributed by atoms with Crippen molar-refractivity contribution in [1.29, 1.82) is 0 Å². The van der Waals surface area contributed by atoms with E-state index in [-0.39, 0.29) is 35.4 Å². The van der Waals surface area contributed by atoms with Gasteiger partial charge >= 0.3 is 13.4 Å². The van der Waals surface area contributed by atoms with Crippen LogP contribution in [0.1, 0.15) is 19.5 Å². The normalized spacial score (nSPS) is 12.0. The molecule has 21 heavy (non-hydrogen) atoms. The summed E-state index contributed by atoms with van der Waals surface area (Å²) in [6.45, 7) is 4.91. The molecule has 1 heterocycles. The largest absolute Gasteiger partial charge is 0.805 e. The van der Waals surface area contributed by atoms with Crippen LogP contribution in [-0.2, 0) is 9.05 Å². The van der Waals surface area contributed by atoms with Crippen molar-refractivity contribution in [3.05, 3.63) is 40.1 Å². The van der Waals surface area contributed by atoms with Gasteiger partial charge in [0.2, 0.25) is 0 Å². The fraction of sp³-hybridized carbons (Fsp3) is 0.385. The molecule has 0 N–H and O–H groups in total. The highest BCUT2D eigenvalue weighted by Crippen LogP contribution is 2.50. The van der Waals surface area contributed by atoms with E-state index >= 15 is 0 Å². The van der Waals surface area contributed by atoms with Crippen LogP contribution in [0, 0.1) is 17.0 Å². The molecule has 0 radical (unpaired) electrons. The van der Waals surface area contributed by atoms with E-state index in [0.717, 1.165) is 0 Å². The second-order valence-electron chi connectivity index (χ2n) is 4.32. The van der Waals surface area contributed by atoms with Gasteiger partial charge in [0.05, 0.1) is 13.2 Å². The molecule has 0 aliphatic rings. The minimum absolute atomic E-state index is 0.00827. The molecule has 114 valence electrons. The molecule has 0 saturated carbocycles. The summed E-state index contributed by atoms with van der Waals surface area (Å²) in [4.78, 5) is 25.4. The van der Waals surface area contributed by atoms with Crippen LogP contribution in [0.4, 0.5) is 0 Å². The topological polar surface area (TPSA) is 92.5 Å². The third-order valence-corrected chi connectivity index (χ3v) is 5.22. The number of hydrogen-bond acceptors (Lipinski definition) is 5. The lowest BCUT2D eigenvalue weighted by atomic mass is 10.3. The lowest BCUT2D eigenvalue weighted by Crippen LogP contribution is -2.46. The number of aromatic nitrogens is 2. The van der Waals surface area contributed by atoms with Gasteiger partial charge in [0.1, 0.15) is 15.6 Å². The second kappa shape index (κ2) is 6.07. The maximum absolute atomic E-state index is 12.8. The highest BCUT2D eigenvalue weighted by Gasteiger charge is 2.47. The lowest BCUT2D eigenvalue weighted by molar-refractivity contribution is -0.448. The predicted octanol–water partition coefficient (Wildman–Crippen LogP) is 1.03. The standard InChI is InChI=1S/C13H17N2O5P/c1-4-19-21(18,20-5-2)13-10(3)14(16)11-8-6-7-9-12(11)15(13)17/h6-9H,4-5H2,1-3H3. The summed E-state index contributed by atoms with van der Waals surface area (Å²) in [6.07, 6.45) is 0. The lowest BCUT2D eigenvalue weighted by Gasteiger charge is -2.24. The summed E-state index contributed by atoms with van der Waals surface area (Å²) in [7, 11) is -3.85. The van der Waals surface area contributed by atoms with Gasteiger partial charge < -0.3 is 14.8 Å². The molecule has 1 aromatic heterocycles. The van der Waals surface area contributed by atoms with E-state index in [1.54, 1.807) is 26.0 Å². The van der Waals surface area contributed by atoms with Gasteiger partial charge in [0.25, 0.3) is 5.52 Å². The Hall–Kier alpha value is -1.53. The van der Waals surface area contributed by atoms with Crippen LogP contribution in [0.5, 0.6) is 0 Å². The van der Waals surface area contributed by atoms with Gasteiger partial charge in [-0.3, -0.25) is 0 Å². The van der Waals surface area contributed by atoms with Crippen LogP contribution in [0.2, 0.25) is 0 Å². The summed E-state index contributed by atoms with van der Waals surface area (Å²) in [6, 6.07) is 6.30. The molecule has 8 heteroatoms. The van der Waals surface area contributed by atoms with Gasteiger partial charge in [0.15, 0.2) is 0 Å². The zero-order valence-electron chi connectivity index (χ0n) is 12.1. The molecule has 0 aliphatic carbocycles. The molecule has 0 saturated heterocycles. The molecule has 7 nitrogen and oxygen atoms in total. The Morgan fingerprint density at radius 2 is 1.81 bits per heavy atom. The van der Waals surface area contributed by atoms with Crippen LogP contribution < -0.4 is 14.8 Å². The van der Waals surface area contributed by atoms with Crippen molar-refractivity contribution < 1.29 is 18.4 Å². The Kier molecular flexibility index (Phi) is 4.58. The second-order valence-corrected chi connectivity index (χ2v) is 6.25. The van der Waals surface area contributed by atoms with E-state index in [1.807, 2.05) is 0 Å². The number of para-hydroxylation sites is 2. The van der Waals surface area contributed by atoms with Gasteiger partial charge in [-0.25, -0.2) is 0 Å². The third-order valence-electron chi connectivity index (χ3n) is 3.00. The van der Waals surface area contributed by atoms with Crippen molar-refractivity contribution in [1.82, 2.24) is 4.73 Å². The van der Waals surface area contributed by atoms with Crippen LogP contribution in [0.3, 0.4) is 0 Å². The molecule has 1 aromatic carbocycles. The molecule has 2 aromatic rings. The Balaban J connectivity index is 2.82. The van der Waals surface area contributed by atoms with Gasteiger partial charge in [0, 0.05) is 11.0 Å². The molecule has 0 unspecified atom stereocenters. The van der Waals surface area contributed by atoms with Crippen LogP contribution in [0.25, 0.3) is 11.0 Å². The molecule has 0 aliphatic heterocycles. The first-order chi connectivity index (χ1) is 9.96. The Labute approximate surface area is 122 Å². The smallest absolute Gasteiger partial charge is 0.443 e. The molecule has 0 fully saturated rings. The third kappa shape index (κ3) is 2.65. The van der Waals surface area contributed by atoms with Crippen LogP contribution in [0.15, 0.2) is 24.3 Å². The SMILES string of the molecule is CCO[P+]([O-])(OCC)c1c(C)n([O-])c2ccccc2[n+]1=O. The van der Waals surface area contributed by atoms with E-state index in [2.05, 4.69) is 0 Å². The average molecular weight is 312 g/mol. The Morgan fingerprint density at radius 1 is 1.24 bits per heavy atom. The van der Waals surface area contributed by atoms with Gasteiger partial charge in [-0.05, 0) is 26.8 Å². The van der Waals surface area contributed by atoms with E-state index in [9.17, 15) is 15.0 Å². The number of nitrogens with zero attached hydrogens (tertiary/aromatic N) is 2. The van der Waals surface area contributed by atoms with E-state index in [4.69, 9.17) is 9.05 Å². The molecule has 0 spiro atoms. The molecule has 0 bridgehead atoms. The quantitative estimate of drug-likeness (QED) is 0.607. The van der Waals surface area contributed by atoms with Gasteiger partial charge in [-0.15, -0.1) is 0 Å². The Morgan fingerprint density at radius 3 is 2.38 bits per heavy atom. The summed E-state index contributed by atoms with van der Waals surface area (Å²) in [5.41, 5.74) is 0.0647. The number of fused-ring (bicyclic) bond motifs is 1. The number of benzene rings is 1. The fourth-order valence-electron chi connectivity index (χ4n) is 2.15. The number of rotatable bonds is 5. The van der Waals surface area contributed by atoms with Gasteiger partial charge in [-0.2, -0.15) is 9.05 Å². The van der Waals surface area contributed by atoms with Crippen molar-refractivity contribution in [3.63, 3.8) is 0 Å². The van der Waals surface area contributed by atoms with Crippen LogP contribution in [-0.4, -0.2) is 17.9 Å². The summed E-state index contributed by atoms with van der Waals surface area (Å²) >= 11 is 0. The van der Waals surface area contributed by atoms with Crippen molar-refractivity contribution in [3.8, 4) is 0 Å². The predicted molar refractivity (Wildman–Crippen MR) is 78.6 cm³/mol. The first kappa shape index (κ1) is 15.9. The first-order valence-electron chi connectivity index (χ1n) is 6.60. The van der Waals surface area contributed by atoms with Crippen molar-refractivity contribution in [2.75, 3.05) is 13.2 Å². The minimum Gasteiger partial charge on any atom is -0.805 e. The first-order valence-corrected chi connectivity index (χ1v) is 8.14. The average Bonchev–Trinajstić information content (AvgIpc) is 2.45. The zero-order chi connectivity index (χ0) is 15.6. The molecular weight excluding hydrogens is 295 g/mol. The van der Waals surface area contributed by atoms with Crippen LogP contribution >= 0.6 is 7.94 Å². The monoisotopic (exact) mass is 312 g/mol. The maximum Gasteiger partial charge on any atom is 0.443 e. The maximum atomic E-state index is 12.8. The van der Waals surface area contributed by atoms with E-state index in [1.165, 1.54) is 19.1 Å². The summed E-state index contributed by atoms with van der Waals surface area (Å²) in [5.74, 6) is 0. The van der Waals surface area contributed by atoms with Crippen molar-refractivity contribution >= 4 is 24.4 Å². The number of hydrogen-bond donors (Lipinski definition) is 0. The van der Waals surface area contributed by atoms with Crippen molar-refractivity contribution in [2.24, 2.45) is 0 Å². The molecule has 0 amide bonds. The highest BCUT2D eigenvalue weighted by atomic mass is 31.2. The fourth-order valence-corrected chi connectivity index (χ4v) is 3.97. The molecule has 2 rings (SSSR count). The minimum atomic E-state index is -3.85. The van der Waals surface area contributed by atoms with Gasteiger partial charge in [-0.1, -0.05) is 12.1 Å².